The first-order valence-electron chi connectivity index (χ1n) is 17.4. The maximum absolute atomic E-state index is 12.7. The van der Waals surface area contributed by atoms with E-state index in [0.717, 1.165) is 21.7 Å². The third-order valence-corrected chi connectivity index (χ3v) is 7.96. The topological polar surface area (TPSA) is 116 Å². The minimum atomic E-state index is -0.670. The van der Waals surface area contributed by atoms with Gasteiger partial charge >= 0.3 is 11.7 Å². The van der Waals surface area contributed by atoms with E-state index in [1.165, 1.54) is 63.5 Å². The number of nitrogens with one attached hydrogen (secondary N) is 1. The second kappa shape index (κ2) is 29.7. The predicted octanol–water partition coefficient (Wildman–Crippen LogP) is 11.0. The number of hydrogen-bond donors (Lipinski definition) is 2. The second-order valence-corrected chi connectivity index (χ2v) is 12.0. The molecule has 3 aromatic carbocycles. The van der Waals surface area contributed by atoms with Gasteiger partial charge in [0.1, 0.15) is 0 Å². The number of benzene rings is 3. The summed E-state index contributed by atoms with van der Waals surface area (Å²) in [6, 6.07) is 17.9. The molecule has 1 amide bonds. The van der Waals surface area contributed by atoms with Crippen molar-refractivity contribution in [2.24, 2.45) is 0 Å². The number of allylic oxidation sites excluding steroid dienone is 2. The number of ether oxygens (including phenoxy) is 1. The smallest absolute Gasteiger partial charge is 0.315 e. The van der Waals surface area contributed by atoms with Gasteiger partial charge in [-0.2, -0.15) is 12.6 Å². The molecule has 8 nitrogen and oxygen atoms in total. The van der Waals surface area contributed by atoms with Crippen molar-refractivity contribution in [1.82, 2.24) is 5.32 Å². The fraction of sp³-hybridized carbons (Fsp3) is 0.390. The summed E-state index contributed by atoms with van der Waals surface area (Å²) >= 11 is 6.84. The van der Waals surface area contributed by atoms with Crippen LogP contribution in [-0.4, -0.2) is 35.9 Å². The van der Waals surface area contributed by atoms with E-state index in [2.05, 4.69) is 33.9 Å². The Balaban J connectivity index is 0.000000928. The van der Waals surface area contributed by atoms with Gasteiger partial charge < -0.3 is 10.1 Å². The van der Waals surface area contributed by atoms with Gasteiger partial charge in [-0.05, 0) is 68.0 Å². The molecule has 0 heterocycles. The van der Waals surface area contributed by atoms with E-state index in [1.807, 2.05) is 52.0 Å². The van der Waals surface area contributed by atoms with Crippen LogP contribution in [-0.2, 0) is 16.0 Å². The van der Waals surface area contributed by atoms with E-state index in [0.29, 0.717) is 24.1 Å². The molecule has 3 aromatic rings. The van der Waals surface area contributed by atoms with E-state index in [-0.39, 0.29) is 23.5 Å². The SMILES string of the molecule is C/C=C\C(=C/C)CNC=O.C1CCCCCCC1.CC.CS.Cc1ccccc1C(=O)c1ccc(OC(=O)Cc2ccc(Br)cc2)c([N+](=O)[O-])c1. The maximum atomic E-state index is 12.7. The van der Waals surface area contributed by atoms with E-state index >= 15 is 0 Å². The van der Waals surface area contributed by atoms with Crippen molar-refractivity contribution in [3.8, 4) is 5.75 Å². The van der Waals surface area contributed by atoms with E-state index < -0.39 is 16.6 Å². The zero-order chi connectivity index (χ0) is 38.4. The van der Waals surface area contributed by atoms with Crippen LogP contribution in [0.15, 0.2) is 95.0 Å². The molecule has 51 heavy (non-hydrogen) atoms. The van der Waals surface area contributed by atoms with Gasteiger partial charge in [0.05, 0.1) is 11.3 Å². The summed E-state index contributed by atoms with van der Waals surface area (Å²) in [6.07, 6.45) is 20.2. The van der Waals surface area contributed by atoms with Gasteiger partial charge in [-0.15, -0.1) is 0 Å². The second-order valence-electron chi connectivity index (χ2n) is 11.1. The number of hydrogen-bond acceptors (Lipinski definition) is 7. The summed E-state index contributed by atoms with van der Waals surface area (Å²) in [6.45, 7) is 10.3. The van der Waals surface area contributed by atoms with Crippen LogP contribution in [0.25, 0.3) is 0 Å². The molecular weight excluding hydrogens is 728 g/mol. The number of carbonyl (C=O) groups is 3. The highest BCUT2D eigenvalue weighted by Gasteiger charge is 2.22. The number of rotatable bonds is 10. The van der Waals surface area contributed by atoms with Crippen LogP contribution in [0.4, 0.5) is 5.69 Å². The highest BCUT2D eigenvalue weighted by molar-refractivity contribution is 9.10. The van der Waals surface area contributed by atoms with Crippen LogP contribution in [0.1, 0.15) is 106 Å². The maximum Gasteiger partial charge on any atom is 0.315 e. The minimum absolute atomic E-state index is 0.0334. The van der Waals surface area contributed by atoms with E-state index in [1.54, 1.807) is 55.6 Å². The number of nitrogens with zero attached hydrogens (tertiary/aromatic N) is 1. The molecule has 0 atom stereocenters. The van der Waals surface area contributed by atoms with Gasteiger partial charge in [0.15, 0.2) is 5.78 Å². The number of halogens is 1. The molecular formula is C41H55BrN2O6S. The Morgan fingerprint density at radius 1 is 0.902 bits per heavy atom. The van der Waals surface area contributed by atoms with Crippen molar-refractivity contribution in [3.05, 3.63) is 127 Å². The van der Waals surface area contributed by atoms with Gasteiger partial charge in [0.25, 0.3) is 0 Å². The fourth-order valence-electron chi connectivity index (χ4n) is 4.84. The zero-order valence-electron chi connectivity index (χ0n) is 31.0. The summed E-state index contributed by atoms with van der Waals surface area (Å²) in [5.74, 6) is -1.16. The number of carbonyl (C=O) groups excluding carboxylic acids is 3. The van der Waals surface area contributed by atoms with Crippen molar-refractivity contribution in [3.63, 3.8) is 0 Å². The third kappa shape index (κ3) is 19.8. The molecule has 0 bridgehead atoms. The van der Waals surface area contributed by atoms with Crippen molar-refractivity contribution in [1.29, 1.82) is 0 Å². The molecule has 0 saturated heterocycles. The number of thiol groups is 1. The lowest BCUT2D eigenvalue weighted by molar-refractivity contribution is -0.385. The van der Waals surface area contributed by atoms with Crippen LogP contribution < -0.4 is 10.1 Å². The molecule has 10 heteroatoms. The van der Waals surface area contributed by atoms with Crippen molar-refractivity contribution in [2.75, 3.05) is 12.8 Å². The van der Waals surface area contributed by atoms with Gasteiger partial charge in [-0.25, -0.2) is 0 Å². The van der Waals surface area contributed by atoms with Gasteiger partial charge in [-0.3, -0.25) is 24.5 Å². The molecule has 0 radical (unpaired) electrons. The Labute approximate surface area is 318 Å². The Hall–Kier alpha value is -4.02. The molecule has 0 spiro atoms. The highest BCUT2D eigenvalue weighted by Crippen LogP contribution is 2.30. The van der Waals surface area contributed by atoms with Crippen LogP contribution in [0.5, 0.6) is 5.75 Å². The van der Waals surface area contributed by atoms with E-state index in [9.17, 15) is 24.5 Å². The predicted molar refractivity (Wildman–Crippen MR) is 217 cm³/mol. The van der Waals surface area contributed by atoms with Gasteiger partial charge in [0, 0.05) is 28.2 Å². The molecule has 0 unspecified atom stereocenters. The van der Waals surface area contributed by atoms with Crippen LogP contribution in [0.2, 0.25) is 0 Å². The monoisotopic (exact) mass is 782 g/mol. The summed E-state index contributed by atoms with van der Waals surface area (Å²) in [4.78, 5) is 45.6. The third-order valence-electron chi connectivity index (χ3n) is 7.43. The van der Waals surface area contributed by atoms with Crippen LogP contribution in [0.3, 0.4) is 0 Å². The Kier molecular flexibility index (Phi) is 27.3. The van der Waals surface area contributed by atoms with Crippen molar-refractivity contribution >= 4 is 52.4 Å². The lowest BCUT2D eigenvalue weighted by Crippen LogP contribution is -2.13. The molecule has 0 aliphatic heterocycles. The van der Waals surface area contributed by atoms with Crippen molar-refractivity contribution in [2.45, 2.75) is 92.4 Å². The molecule has 1 aliphatic carbocycles. The summed E-state index contributed by atoms with van der Waals surface area (Å²) in [7, 11) is 0. The van der Waals surface area contributed by atoms with E-state index in [4.69, 9.17) is 4.74 Å². The number of amides is 1. The Morgan fingerprint density at radius 2 is 1.45 bits per heavy atom. The highest BCUT2D eigenvalue weighted by atomic mass is 79.9. The Bertz CT molecular complexity index is 1500. The standard InChI is InChI=1S/C22H16BrNO5.C8H13NO.C8H16.C2H6.CH4S/c1-14-4-2-3-5-18(14)22(26)16-8-11-20(19(13-16)24(27)28)29-21(25)12-15-6-9-17(23)10-7-15;1-3-5-8(4-2)6-9-7-10;1-2-4-6-8-7-5-3-1;2*1-2/h2-11,13H,12H2,1H3;3-5,7H,6H2,1-2H3,(H,9,10);1-8H2;1-2H3;2H,1H3/b;5-3-,8-4+;;;. The zero-order valence-corrected chi connectivity index (χ0v) is 33.4. The summed E-state index contributed by atoms with van der Waals surface area (Å²) in [5, 5.41) is 14.1. The number of nitro benzene ring substituents is 1. The quantitative estimate of drug-likeness (QED) is 0.0309. The number of nitro groups is 1. The summed E-state index contributed by atoms with van der Waals surface area (Å²) in [5.41, 5.74) is 2.78. The first-order valence-corrected chi connectivity index (χ1v) is 19.1. The molecule has 1 aliphatic rings. The average molecular weight is 784 g/mol. The lowest BCUT2D eigenvalue weighted by Gasteiger charge is -2.08. The summed E-state index contributed by atoms with van der Waals surface area (Å²) < 4.78 is 6.08. The molecule has 278 valence electrons. The molecule has 1 N–H and O–H groups in total. The Morgan fingerprint density at radius 3 is 1.92 bits per heavy atom. The number of esters is 1. The van der Waals surface area contributed by atoms with Crippen molar-refractivity contribution < 1.29 is 24.0 Å². The largest absolute Gasteiger partial charge is 0.419 e. The number of aryl methyl sites for hydroxylation is 1. The van der Waals surface area contributed by atoms with Crippen LogP contribution >= 0.6 is 28.6 Å². The molecule has 4 rings (SSSR count). The molecule has 0 aromatic heterocycles. The minimum Gasteiger partial charge on any atom is -0.419 e. The number of ketones is 1. The first kappa shape index (κ1) is 47.0. The van der Waals surface area contributed by atoms with Gasteiger partial charge in [-0.1, -0.05) is 136 Å². The van der Waals surface area contributed by atoms with Crippen LogP contribution in [0, 0.1) is 17.0 Å². The average Bonchev–Trinajstić information content (AvgIpc) is 3.13. The molecule has 1 saturated carbocycles. The normalized spacial score (nSPS) is 12.3. The van der Waals surface area contributed by atoms with Gasteiger partial charge in [0.2, 0.25) is 12.2 Å². The fourth-order valence-corrected chi connectivity index (χ4v) is 5.11. The molecule has 1 fully saturated rings. The lowest BCUT2D eigenvalue weighted by atomic mass is 9.99. The first-order chi connectivity index (χ1) is 24.7.